The SMILES string of the molecule is CCOc1ccccc1OCC(=O)NN=Cc1cc(OC)c(O)c(OC)c1. The van der Waals surface area contributed by atoms with Crippen molar-refractivity contribution in [3.05, 3.63) is 42.0 Å². The number of ether oxygens (including phenoxy) is 4. The van der Waals surface area contributed by atoms with Gasteiger partial charge in [-0.25, -0.2) is 5.43 Å². The predicted molar refractivity (Wildman–Crippen MR) is 100 cm³/mol. The Morgan fingerprint density at radius 2 is 1.67 bits per heavy atom. The number of benzene rings is 2. The summed E-state index contributed by atoms with van der Waals surface area (Å²) in [4.78, 5) is 11.9. The molecular formula is C19H22N2O6. The van der Waals surface area contributed by atoms with Crippen LogP contribution in [0.25, 0.3) is 0 Å². The highest BCUT2D eigenvalue weighted by atomic mass is 16.5. The van der Waals surface area contributed by atoms with E-state index in [9.17, 15) is 9.90 Å². The van der Waals surface area contributed by atoms with Crippen LogP contribution in [0, 0.1) is 0 Å². The van der Waals surface area contributed by atoms with E-state index in [2.05, 4.69) is 10.5 Å². The number of hydrogen-bond donors (Lipinski definition) is 2. The van der Waals surface area contributed by atoms with Crippen molar-refractivity contribution in [3.8, 4) is 28.7 Å². The van der Waals surface area contributed by atoms with Crippen LogP contribution >= 0.6 is 0 Å². The largest absolute Gasteiger partial charge is 0.502 e. The van der Waals surface area contributed by atoms with Crippen LogP contribution in [-0.4, -0.2) is 44.7 Å². The van der Waals surface area contributed by atoms with E-state index in [4.69, 9.17) is 18.9 Å². The lowest BCUT2D eigenvalue weighted by Gasteiger charge is -2.10. The zero-order chi connectivity index (χ0) is 19.6. The molecule has 0 bridgehead atoms. The molecule has 2 aromatic carbocycles. The van der Waals surface area contributed by atoms with Crippen molar-refractivity contribution in [1.82, 2.24) is 5.43 Å². The van der Waals surface area contributed by atoms with Gasteiger partial charge in [-0.15, -0.1) is 0 Å². The van der Waals surface area contributed by atoms with Gasteiger partial charge >= 0.3 is 0 Å². The summed E-state index contributed by atoms with van der Waals surface area (Å²) in [6.45, 7) is 2.14. The maximum Gasteiger partial charge on any atom is 0.277 e. The number of nitrogens with zero attached hydrogens (tertiary/aromatic N) is 1. The van der Waals surface area contributed by atoms with Gasteiger partial charge in [-0.1, -0.05) is 12.1 Å². The number of carbonyl (C=O) groups excluding carboxylic acids is 1. The number of carbonyl (C=O) groups is 1. The molecular weight excluding hydrogens is 352 g/mol. The Labute approximate surface area is 157 Å². The number of para-hydroxylation sites is 2. The lowest BCUT2D eigenvalue weighted by molar-refractivity contribution is -0.123. The first-order chi connectivity index (χ1) is 13.1. The van der Waals surface area contributed by atoms with E-state index in [1.807, 2.05) is 13.0 Å². The molecule has 0 radical (unpaired) electrons. The summed E-state index contributed by atoms with van der Waals surface area (Å²) in [6, 6.07) is 10.2. The second-order valence-corrected chi connectivity index (χ2v) is 5.24. The molecule has 2 rings (SSSR count). The maximum atomic E-state index is 11.9. The Bertz CT molecular complexity index is 782. The molecule has 0 unspecified atom stereocenters. The summed E-state index contributed by atoms with van der Waals surface area (Å²) in [5.41, 5.74) is 2.94. The van der Waals surface area contributed by atoms with E-state index in [0.717, 1.165) is 0 Å². The summed E-state index contributed by atoms with van der Waals surface area (Å²) in [5.74, 6) is 0.972. The number of amides is 1. The summed E-state index contributed by atoms with van der Waals surface area (Å²) in [7, 11) is 2.85. The summed E-state index contributed by atoms with van der Waals surface area (Å²) in [5, 5.41) is 13.7. The second kappa shape index (κ2) is 9.91. The van der Waals surface area contributed by atoms with Crippen LogP contribution in [-0.2, 0) is 4.79 Å². The Morgan fingerprint density at radius 3 is 2.22 bits per heavy atom. The van der Waals surface area contributed by atoms with Gasteiger partial charge in [-0.05, 0) is 31.2 Å². The van der Waals surface area contributed by atoms with Crippen molar-refractivity contribution in [2.45, 2.75) is 6.92 Å². The molecule has 0 fully saturated rings. The molecule has 2 N–H and O–H groups in total. The first-order valence-corrected chi connectivity index (χ1v) is 8.20. The molecule has 2 aromatic rings. The number of methoxy groups -OCH3 is 2. The van der Waals surface area contributed by atoms with E-state index in [-0.39, 0.29) is 23.9 Å². The molecule has 144 valence electrons. The third-order valence-electron chi connectivity index (χ3n) is 3.41. The van der Waals surface area contributed by atoms with Crippen molar-refractivity contribution in [3.63, 3.8) is 0 Å². The van der Waals surface area contributed by atoms with Gasteiger partial charge in [0.25, 0.3) is 5.91 Å². The molecule has 0 aliphatic carbocycles. The van der Waals surface area contributed by atoms with Crippen molar-refractivity contribution >= 4 is 12.1 Å². The third-order valence-corrected chi connectivity index (χ3v) is 3.41. The zero-order valence-corrected chi connectivity index (χ0v) is 15.4. The van der Waals surface area contributed by atoms with Gasteiger partial charge < -0.3 is 24.1 Å². The standard InChI is InChI=1S/C19H22N2O6/c1-4-26-14-7-5-6-8-15(14)27-12-18(22)21-20-11-13-9-16(24-2)19(23)17(10-13)25-3/h5-11,23H,4,12H2,1-3H3,(H,21,22). The van der Waals surface area contributed by atoms with Gasteiger partial charge in [0.2, 0.25) is 5.75 Å². The van der Waals surface area contributed by atoms with Crippen LogP contribution in [0.3, 0.4) is 0 Å². The first kappa shape index (κ1) is 19.9. The van der Waals surface area contributed by atoms with Crippen molar-refractivity contribution in [1.29, 1.82) is 0 Å². The van der Waals surface area contributed by atoms with E-state index >= 15 is 0 Å². The van der Waals surface area contributed by atoms with Gasteiger partial charge in [-0.3, -0.25) is 4.79 Å². The predicted octanol–water partition coefficient (Wildman–Crippen LogP) is 2.34. The number of phenolic OH excluding ortho intramolecular Hbond substituents is 1. The normalized spacial score (nSPS) is 10.5. The molecule has 8 heteroatoms. The molecule has 0 saturated carbocycles. The zero-order valence-electron chi connectivity index (χ0n) is 15.4. The highest BCUT2D eigenvalue weighted by Crippen LogP contribution is 2.36. The first-order valence-electron chi connectivity index (χ1n) is 8.20. The number of nitrogens with one attached hydrogen (secondary N) is 1. The molecule has 27 heavy (non-hydrogen) atoms. The highest BCUT2D eigenvalue weighted by molar-refractivity contribution is 5.84. The number of aromatic hydroxyl groups is 1. The summed E-state index contributed by atoms with van der Waals surface area (Å²) in [6.07, 6.45) is 1.40. The third kappa shape index (κ3) is 5.53. The van der Waals surface area contributed by atoms with E-state index in [1.165, 1.54) is 20.4 Å². The Morgan fingerprint density at radius 1 is 1.07 bits per heavy atom. The fourth-order valence-electron chi connectivity index (χ4n) is 2.19. The second-order valence-electron chi connectivity index (χ2n) is 5.24. The van der Waals surface area contributed by atoms with Crippen LogP contribution in [0.1, 0.15) is 12.5 Å². The number of rotatable bonds is 9. The fourth-order valence-corrected chi connectivity index (χ4v) is 2.19. The van der Waals surface area contributed by atoms with Crippen molar-refractivity contribution < 1.29 is 28.8 Å². The molecule has 0 atom stereocenters. The van der Waals surface area contributed by atoms with Crippen LogP contribution in [0.2, 0.25) is 0 Å². The monoisotopic (exact) mass is 374 g/mol. The van der Waals surface area contributed by atoms with Gasteiger partial charge in [0.05, 0.1) is 27.0 Å². The quantitative estimate of drug-likeness (QED) is 0.516. The Kier molecular flexibility index (Phi) is 7.30. The number of hydrogen-bond acceptors (Lipinski definition) is 7. The van der Waals surface area contributed by atoms with Gasteiger partial charge in [0.15, 0.2) is 29.6 Å². The Hall–Kier alpha value is -3.42. The highest BCUT2D eigenvalue weighted by Gasteiger charge is 2.10. The average molecular weight is 374 g/mol. The Balaban J connectivity index is 1.94. The molecule has 0 aromatic heterocycles. The topological polar surface area (TPSA) is 98.6 Å². The molecule has 8 nitrogen and oxygen atoms in total. The lowest BCUT2D eigenvalue weighted by atomic mass is 10.2. The van der Waals surface area contributed by atoms with Gasteiger partial charge in [0, 0.05) is 5.56 Å². The van der Waals surface area contributed by atoms with Crippen LogP contribution in [0.4, 0.5) is 0 Å². The molecule has 0 aliphatic rings. The molecule has 0 saturated heterocycles. The van der Waals surface area contributed by atoms with E-state index in [1.54, 1.807) is 30.3 Å². The fraction of sp³-hybridized carbons (Fsp3) is 0.263. The average Bonchev–Trinajstić information content (AvgIpc) is 2.68. The van der Waals surface area contributed by atoms with E-state index in [0.29, 0.717) is 23.7 Å². The lowest BCUT2D eigenvalue weighted by Crippen LogP contribution is -2.24. The minimum atomic E-state index is -0.435. The van der Waals surface area contributed by atoms with Crippen molar-refractivity contribution in [2.24, 2.45) is 5.10 Å². The van der Waals surface area contributed by atoms with Gasteiger partial charge in [-0.2, -0.15) is 5.10 Å². The molecule has 1 amide bonds. The summed E-state index contributed by atoms with van der Waals surface area (Å²) >= 11 is 0. The molecule has 0 spiro atoms. The number of hydrazone groups is 1. The van der Waals surface area contributed by atoms with Crippen LogP contribution < -0.4 is 24.4 Å². The smallest absolute Gasteiger partial charge is 0.277 e. The molecule has 0 heterocycles. The minimum Gasteiger partial charge on any atom is -0.502 e. The van der Waals surface area contributed by atoms with Crippen LogP contribution in [0.5, 0.6) is 28.7 Å². The molecule has 0 aliphatic heterocycles. The van der Waals surface area contributed by atoms with E-state index < -0.39 is 5.91 Å². The minimum absolute atomic E-state index is 0.109. The number of phenols is 1. The van der Waals surface area contributed by atoms with Gasteiger partial charge in [0.1, 0.15) is 0 Å². The van der Waals surface area contributed by atoms with Crippen molar-refractivity contribution in [2.75, 3.05) is 27.4 Å². The maximum absolute atomic E-state index is 11.9. The van der Waals surface area contributed by atoms with Crippen LogP contribution in [0.15, 0.2) is 41.5 Å². The summed E-state index contributed by atoms with van der Waals surface area (Å²) < 4.78 is 21.0.